The molecule has 2 nitrogen and oxygen atoms in total. The number of allylic oxidation sites excluding steroid dienone is 1. The van der Waals surface area contributed by atoms with E-state index in [-0.39, 0.29) is 0 Å². The summed E-state index contributed by atoms with van der Waals surface area (Å²) in [4.78, 5) is 7.15. The zero-order chi connectivity index (χ0) is 13.2. The summed E-state index contributed by atoms with van der Waals surface area (Å²) in [5, 5.41) is 12.3. The maximum Gasteiger partial charge on any atom is 0.134 e. The van der Waals surface area contributed by atoms with Crippen molar-refractivity contribution in [2.45, 2.75) is 26.2 Å². The summed E-state index contributed by atoms with van der Waals surface area (Å²) in [5.74, 6) is 0.743. The fourth-order valence-electron chi connectivity index (χ4n) is 2.31. The molecule has 4 heteroatoms. The minimum atomic E-state index is 0.689. The Hall–Kier alpha value is -1.44. The van der Waals surface area contributed by atoms with Crippen LogP contribution in [0.1, 0.15) is 33.8 Å². The molecule has 1 atom stereocenters. The van der Waals surface area contributed by atoms with Crippen molar-refractivity contribution in [1.29, 1.82) is 5.26 Å². The monoisotopic (exact) mass is 286 g/mol. The number of rotatable bonds is 2. The molecule has 0 saturated carbocycles. The molecule has 96 valence electrons. The van der Waals surface area contributed by atoms with Gasteiger partial charge in [0.15, 0.2) is 0 Å². The van der Waals surface area contributed by atoms with Gasteiger partial charge >= 0.3 is 0 Å². The fraction of sp³-hybridized carbons (Fsp3) is 0.333. The van der Waals surface area contributed by atoms with Crippen LogP contribution in [0.4, 0.5) is 0 Å². The van der Waals surface area contributed by atoms with Crippen molar-refractivity contribution in [2.24, 2.45) is 5.92 Å². The Labute approximate surface area is 121 Å². The molecule has 2 heterocycles. The van der Waals surface area contributed by atoms with Gasteiger partial charge in [-0.1, -0.05) is 13.0 Å². The predicted molar refractivity (Wildman–Crippen MR) is 81.1 cm³/mol. The molecule has 0 aromatic carbocycles. The number of aryl methyl sites for hydroxylation is 1. The van der Waals surface area contributed by atoms with Gasteiger partial charge in [0.05, 0.1) is 11.3 Å². The van der Waals surface area contributed by atoms with Crippen LogP contribution >= 0.6 is 22.7 Å². The molecule has 0 aliphatic heterocycles. The summed E-state index contributed by atoms with van der Waals surface area (Å²) >= 11 is 3.34. The quantitative estimate of drug-likeness (QED) is 0.767. The van der Waals surface area contributed by atoms with Gasteiger partial charge in [-0.15, -0.1) is 22.7 Å². The first-order valence-electron chi connectivity index (χ1n) is 6.40. The zero-order valence-electron chi connectivity index (χ0n) is 10.7. The second-order valence-corrected chi connectivity index (χ2v) is 6.98. The van der Waals surface area contributed by atoms with Crippen molar-refractivity contribution in [3.8, 4) is 6.07 Å². The fourth-order valence-corrected chi connectivity index (χ4v) is 4.21. The molecular weight excluding hydrogens is 272 g/mol. The van der Waals surface area contributed by atoms with Crippen LogP contribution in [-0.4, -0.2) is 4.98 Å². The molecule has 0 N–H and O–H groups in total. The topological polar surface area (TPSA) is 36.7 Å². The molecule has 0 fully saturated rings. The summed E-state index contributed by atoms with van der Waals surface area (Å²) in [6.45, 7) is 2.29. The summed E-state index contributed by atoms with van der Waals surface area (Å²) in [7, 11) is 0. The van der Waals surface area contributed by atoms with Crippen molar-refractivity contribution in [1.82, 2.24) is 4.98 Å². The molecule has 2 aromatic rings. The second-order valence-electron chi connectivity index (χ2n) is 4.92. The summed E-state index contributed by atoms with van der Waals surface area (Å²) in [6.07, 6.45) is 5.33. The van der Waals surface area contributed by atoms with Crippen LogP contribution in [0.3, 0.4) is 0 Å². The molecule has 19 heavy (non-hydrogen) atoms. The Morgan fingerprint density at radius 1 is 1.58 bits per heavy atom. The van der Waals surface area contributed by atoms with Crippen LogP contribution < -0.4 is 0 Å². The van der Waals surface area contributed by atoms with Gasteiger partial charge in [-0.25, -0.2) is 4.98 Å². The van der Waals surface area contributed by atoms with Crippen LogP contribution in [0.25, 0.3) is 11.6 Å². The molecule has 1 unspecified atom stereocenters. The molecule has 0 radical (unpaired) electrons. The third-order valence-electron chi connectivity index (χ3n) is 3.37. The van der Waals surface area contributed by atoms with Crippen molar-refractivity contribution in [3.05, 3.63) is 38.0 Å². The average molecular weight is 286 g/mol. The second kappa shape index (κ2) is 5.28. The van der Waals surface area contributed by atoms with Crippen molar-refractivity contribution in [2.75, 3.05) is 0 Å². The lowest BCUT2D eigenvalue weighted by Gasteiger charge is -2.15. The number of fused-ring (bicyclic) bond motifs is 1. The van der Waals surface area contributed by atoms with Crippen LogP contribution in [-0.2, 0) is 12.8 Å². The SMILES string of the molecule is CC1CCc2nc(C(C#N)=Cc3cccs3)sc2C1. The predicted octanol–water partition coefficient (Wildman–Crippen LogP) is 4.39. The van der Waals surface area contributed by atoms with E-state index in [0.29, 0.717) is 5.57 Å². The Bertz CT molecular complexity index is 644. The van der Waals surface area contributed by atoms with Crippen LogP contribution in [0, 0.1) is 17.2 Å². The molecule has 0 spiro atoms. The van der Waals surface area contributed by atoms with Gasteiger partial charge < -0.3 is 0 Å². The zero-order valence-corrected chi connectivity index (χ0v) is 12.4. The molecule has 3 rings (SSSR count). The van der Waals surface area contributed by atoms with E-state index >= 15 is 0 Å². The van der Waals surface area contributed by atoms with E-state index in [1.165, 1.54) is 17.0 Å². The van der Waals surface area contributed by atoms with Crippen LogP contribution in [0.15, 0.2) is 17.5 Å². The van der Waals surface area contributed by atoms with E-state index in [2.05, 4.69) is 18.0 Å². The largest absolute Gasteiger partial charge is 0.240 e. The highest BCUT2D eigenvalue weighted by molar-refractivity contribution is 7.13. The number of aromatic nitrogens is 1. The number of thiophene rings is 1. The third kappa shape index (κ3) is 2.63. The van der Waals surface area contributed by atoms with Gasteiger partial charge in [0.2, 0.25) is 0 Å². The lowest BCUT2D eigenvalue weighted by atomic mass is 9.93. The minimum Gasteiger partial charge on any atom is -0.240 e. The third-order valence-corrected chi connectivity index (χ3v) is 5.34. The minimum absolute atomic E-state index is 0.689. The van der Waals surface area contributed by atoms with Gasteiger partial charge in [0, 0.05) is 9.75 Å². The first-order valence-corrected chi connectivity index (χ1v) is 8.10. The maximum atomic E-state index is 9.34. The Morgan fingerprint density at radius 3 is 3.21 bits per heavy atom. The number of hydrogen-bond acceptors (Lipinski definition) is 4. The molecule has 0 bridgehead atoms. The molecule has 1 aliphatic carbocycles. The lowest BCUT2D eigenvalue weighted by Crippen LogP contribution is -2.09. The summed E-state index contributed by atoms with van der Waals surface area (Å²) in [5.41, 5.74) is 1.90. The van der Waals surface area contributed by atoms with E-state index < -0.39 is 0 Å². The van der Waals surface area contributed by atoms with Gasteiger partial charge in [-0.05, 0) is 42.7 Å². The van der Waals surface area contributed by atoms with Crippen molar-refractivity contribution < 1.29 is 0 Å². The maximum absolute atomic E-state index is 9.34. The van der Waals surface area contributed by atoms with E-state index in [4.69, 9.17) is 0 Å². The summed E-state index contributed by atoms with van der Waals surface area (Å²) in [6, 6.07) is 6.32. The number of thiazole rings is 1. The van der Waals surface area contributed by atoms with Gasteiger partial charge in [0.25, 0.3) is 0 Å². The molecule has 0 saturated heterocycles. The van der Waals surface area contributed by atoms with E-state index in [1.54, 1.807) is 22.7 Å². The van der Waals surface area contributed by atoms with E-state index in [9.17, 15) is 5.26 Å². The Balaban J connectivity index is 1.95. The summed E-state index contributed by atoms with van der Waals surface area (Å²) < 4.78 is 0. The lowest BCUT2D eigenvalue weighted by molar-refractivity contribution is 0.502. The number of nitrogens with zero attached hydrogens (tertiary/aromatic N) is 2. The first-order chi connectivity index (χ1) is 9.26. The highest BCUT2D eigenvalue weighted by atomic mass is 32.1. The number of nitriles is 1. The standard InChI is InChI=1S/C15H14N2S2/c1-10-4-5-13-14(7-10)19-15(17-13)11(9-16)8-12-3-2-6-18-12/h2-3,6,8,10H,4-5,7H2,1H3. The van der Waals surface area contributed by atoms with Gasteiger partial charge in [0.1, 0.15) is 11.1 Å². The highest BCUT2D eigenvalue weighted by Gasteiger charge is 2.20. The normalized spacial score (nSPS) is 18.9. The Morgan fingerprint density at radius 2 is 2.47 bits per heavy atom. The van der Waals surface area contributed by atoms with Crippen LogP contribution in [0.5, 0.6) is 0 Å². The van der Waals surface area contributed by atoms with Gasteiger partial charge in [-0.3, -0.25) is 0 Å². The highest BCUT2D eigenvalue weighted by Crippen LogP contribution is 2.33. The Kier molecular flexibility index (Phi) is 3.50. The smallest absolute Gasteiger partial charge is 0.134 e. The number of hydrogen-bond donors (Lipinski definition) is 0. The van der Waals surface area contributed by atoms with Crippen LogP contribution in [0.2, 0.25) is 0 Å². The average Bonchev–Trinajstić information content (AvgIpc) is 3.03. The molecular formula is C15H14N2S2. The van der Waals surface area contributed by atoms with Crippen molar-refractivity contribution >= 4 is 34.3 Å². The van der Waals surface area contributed by atoms with Gasteiger partial charge in [-0.2, -0.15) is 5.26 Å². The van der Waals surface area contributed by atoms with E-state index in [0.717, 1.165) is 28.6 Å². The van der Waals surface area contributed by atoms with Crippen molar-refractivity contribution in [3.63, 3.8) is 0 Å². The molecule has 2 aromatic heterocycles. The molecule has 0 amide bonds. The van der Waals surface area contributed by atoms with E-state index in [1.807, 2.05) is 23.6 Å². The molecule has 1 aliphatic rings. The first kappa shape index (κ1) is 12.6.